The average Bonchev–Trinajstić information content (AvgIpc) is 3.42. The van der Waals surface area contributed by atoms with Crippen molar-refractivity contribution in [1.82, 2.24) is 20.4 Å². The summed E-state index contributed by atoms with van der Waals surface area (Å²) < 4.78 is 5.41. The number of likely N-dealkylation sites (tertiary alicyclic amines) is 1. The third-order valence-corrected chi connectivity index (χ3v) is 6.77. The number of carbonyl (C=O) groups is 2. The molecule has 3 fully saturated rings. The van der Waals surface area contributed by atoms with Gasteiger partial charge in [0.05, 0.1) is 25.0 Å². The van der Waals surface area contributed by atoms with Gasteiger partial charge in [0.2, 0.25) is 11.8 Å². The molecular formula is C22H36IN5O3. The molecule has 2 N–H and O–H groups in total. The number of allylic oxidation sites excluding steroid dienone is 2. The zero-order valence-electron chi connectivity index (χ0n) is 18.6. The van der Waals surface area contributed by atoms with Crippen molar-refractivity contribution in [1.29, 1.82) is 0 Å². The van der Waals surface area contributed by atoms with E-state index in [9.17, 15) is 9.59 Å². The summed E-state index contributed by atoms with van der Waals surface area (Å²) in [5.41, 5.74) is 0. The van der Waals surface area contributed by atoms with E-state index in [1.54, 1.807) is 0 Å². The highest BCUT2D eigenvalue weighted by atomic mass is 127. The van der Waals surface area contributed by atoms with Crippen LogP contribution in [0.4, 0.5) is 0 Å². The zero-order valence-corrected chi connectivity index (χ0v) is 20.9. The van der Waals surface area contributed by atoms with Gasteiger partial charge in [-0.15, -0.1) is 24.0 Å². The number of rotatable bonds is 8. The maximum Gasteiger partial charge on any atom is 0.233 e. The molecule has 4 aliphatic rings. The lowest BCUT2D eigenvalue weighted by Crippen LogP contribution is -2.44. The van der Waals surface area contributed by atoms with Gasteiger partial charge < -0.3 is 15.4 Å². The normalized spacial score (nSPS) is 31.0. The molecule has 2 saturated heterocycles. The van der Waals surface area contributed by atoms with Gasteiger partial charge in [-0.3, -0.25) is 24.4 Å². The van der Waals surface area contributed by atoms with Crippen LogP contribution in [0.2, 0.25) is 0 Å². The van der Waals surface area contributed by atoms with Crippen LogP contribution in [0.5, 0.6) is 0 Å². The number of amides is 2. The van der Waals surface area contributed by atoms with Gasteiger partial charge in [0.25, 0.3) is 0 Å². The van der Waals surface area contributed by atoms with Gasteiger partial charge in [0.1, 0.15) is 0 Å². The predicted octanol–water partition coefficient (Wildman–Crippen LogP) is 0.935. The van der Waals surface area contributed by atoms with E-state index in [0.29, 0.717) is 19.0 Å². The van der Waals surface area contributed by atoms with E-state index in [1.807, 2.05) is 6.92 Å². The largest absolute Gasteiger partial charge is 0.379 e. The molecule has 1 saturated carbocycles. The summed E-state index contributed by atoms with van der Waals surface area (Å²) in [6.07, 6.45) is 5.23. The summed E-state index contributed by atoms with van der Waals surface area (Å²) in [5.74, 6) is 1.53. The molecule has 2 amide bonds. The Balaban J connectivity index is 0.00000272. The van der Waals surface area contributed by atoms with Crippen molar-refractivity contribution < 1.29 is 14.3 Å². The zero-order chi connectivity index (χ0) is 21.1. The molecule has 0 radical (unpaired) electrons. The Morgan fingerprint density at radius 3 is 2.42 bits per heavy atom. The number of halogens is 1. The molecule has 31 heavy (non-hydrogen) atoms. The van der Waals surface area contributed by atoms with Crippen LogP contribution in [0.15, 0.2) is 17.1 Å². The Bertz CT molecular complexity index is 679. The van der Waals surface area contributed by atoms with Crippen molar-refractivity contribution in [2.75, 3.05) is 59.0 Å². The quantitative estimate of drug-likeness (QED) is 0.155. The molecule has 4 rings (SSSR count). The molecule has 0 aromatic rings. The van der Waals surface area contributed by atoms with E-state index < -0.39 is 0 Å². The van der Waals surface area contributed by atoms with Gasteiger partial charge >= 0.3 is 0 Å². The molecular weight excluding hydrogens is 509 g/mol. The van der Waals surface area contributed by atoms with E-state index >= 15 is 0 Å². The number of guanidine groups is 1. The number of aliphatic imine (C=N–C) groups is 1. The molecule has 2 heterocycles. The van der Waals surface area contributed by atoms with Crippen LogP contribution in [0, 0.1) is 29.6 Å². The Morgan fingerprint density at radius 2 is 1.81 bits per heavy atom. The first-order valence-electron chi connectivity index (χ1n) is 11.4. The highest BCUT2D eigenvalue weighted by Gasteiger charge is 2.58. The summed E-state index contributed by atoms with van der Waals surface area (Å²) in [6.45, 7) is 11.3. The smallest absolute Gasteiger partial charge is 0.233 e. The van der Waals surface area contributed by atoms with Crippen molar-refractivity contribution in [3.05, 3.63) is 12.2 Å². The number of hydrogen-bond acceptors (Lipinski definition) is 5. The topological polar surface area (TPSA) is 86.3 Å². The van der Waals surface area contributed by atoms with Crippen molar-refractivity contribution in [2.45, 2.75) is 20.3 Å². The van der Waals surface area contributed by atoms with Crippen LogP contribution in [0.3, 0.4) is 0 Å². The predicted molar refractivity (Wildman–Crippen MR) is 130 cm³/mol. The van der Waals surface area contributed by atoms with Crippen LogP contribution in [0.1, 0.15) is 20.3 Å². The number of nitrogens with one attached hydrogen (secondary N) is 2. The lowest BCUT2D eigenvalue weighted by Gasteiger charge is -2.28. The highest BCUT2D eigenvalue weighted by molar-refractivity contribution is 14.0. The number of carbonyl (C=O) groups excluding carboxylic acids is 2. The second kappa shape index (κ2) is 11.1. The van der Waals surface area contributed by atoms with Gasteiger partial charge in [-0.2, -0.15) is 0 Å². The molecule has 2 aliphatic carbocycles. The van der Waals surface area contributed by atoms with Crippen molar-refractivity contribution in [3.63, 3.8) is 0 Å². The first-order valence-corrected chi connectivity index (χ1v) is 11.4. The van der Waals surface area contributed by atoms with Crippen molar-refractivity contribution in [3.8, 4) is 0 Å². The first-order chi connectivity index (χ1) is 14.6. The minimum absolute atomic E-state index is 0. The number of hydrogen-bond donors (Lipinski definition) is 2. The number of imide groups is 1. The van der Waals surface area contributed by atoms with E-state index in [2.05, 4.69) is 34.6 Å². The molecule has 2 bridgehead atoms. The fraction of sp³-hybridized carbons (Fsp3) is 0.773. The summed E-state index contributed by atoms with van der Waals surface area (Å²) in [4.78, 5) is 34.2. The van der Waals surface area contributed by atoms with Crippen LogP contribution in [-0.4, -0.2) is 86.6 Å². The molecule has 174 valence electrons. The van der Waals surface area contributed by atoms with E-state index in [0.717, 1.165) is 58.3 Å². The Labute approximate surface area is 202 Å². The maximum absolute atomic E-state index is 12.8. The molecule has 8 nitrogen and oxygen atoms in total. The summed E-state index contributed by atoms with van der Waals surface area (Å²) in [7, 11) is 0. The Hall–Kier alpha value is -1.20. The van der Waals surface area contributed by atoms with Gasteiger partial charge in [-0.25, -0.2) is 0 Å². The second-order valence-corrected chi connectivity index (χ2v) is 8.99. The summed E-state index contributed by atoms with van der Waals surface area (Å²) in [6, 6.07) is 0. The van der Waals surface area contributed by atoms with Crippen LogP contribution in [-0.2, 0) is 14.3 Å². The summed E-state index contributed by atoms with van der Waals surface area (Å²) >= 11 is 0. The minimum Gasteiger partial charge on any atom is -0.379 e. The second-order valence-electron chi connectivity index (χ2n) is 8.99. The van der Waals surface area contributed by atoms with Gasteiger partial charge in [0, 0.05) is 45.8 Å². The average molecular weight is 545 g/mol. The standard InChI is InChI=1S/C22H35N5O3.HI/c1-3-23-22(25-13-15(2)14-26-8-10-30-11-9-26)24-6-7-27-20(28)18-16-4-5-17(12-16)19(18)21(27)29;/h4-5,15-19H,3,6-14H2,1-2H3,(H2,23,24,25);1H. The Morgan fingerprint density at radius 1 is 1.16 bits per heavy atom. The lowest BCUT2D eigenvalue weighted by molar-refractivity contribution is -0.140. The van der Waals surface area contributed by atoms with Crippen molar-refractivity contribution in [2.24, 2.45) is 34.6 Å². The number of nitrogens with zero attached hydrogens (tertiary/aromatic N) is 3. The van der Waals surface area contributed by atoms with Crippen LogP contribution >= 0.6 is 24.0 Å². The molecule has 0 spiro atoms. The number of morpholine rings is 1. The molecule has 2 aliphatic heterocycles. The highest BCUT2D eigenvalue weighted by Crippen LogP contribution is 2.52. The van der Waals surface area contributed by atoms with E-state index in [-0.39, 0.29) is 59.5 Å². The third kappa shape index (κ3) is 5.42. The van der Waals surface area contributed by atoms with Gasteiger partial charge in [-0.05, 0) is 31.1 Å². The molecule has 0 aromatic heterocycles. The molecule has 5 unspecified atom stereocenters. The monoisotopic (exact) mass is 545 g/mol. The number of fused-ring (bicyclic) bond motifs is 5. The SMILES string of the molecule is CCNC(=NCC(C)CN1CCOCC1)NCCN1C(=O)C2C3C=CC(C3)C2C1=O.I. The minimum atomic E-state index is -0.115. The van der Waals surface area contributed by atoms with Crippen LogP contribution in [0.25, 0.3) is 0 Å². The van der Waals surface area contributed by atoms with Crippen LogP contribution < -0.4 is 10.6 Å². The van der Waals surface area contributed by atoms with Gasteiger partial charge in [0.15, 0.2) is 5.96 Å². The molecule has 0 aromatic carbocycles. The van der Waals surface area contributed by atoms with Gasteiger partial charge in [-0.1, -0.05) is 19.1 Å². The number of ether oxygens (including phenoxy) is 1. The third-order valence-electron chi connectivity index (χ3n) is 6.77. The Kier molecular flexibility index (Phi) is 8.74. The van der Waals surface area contributed by atoms with E-state index in [1.165, 1.54) is 4.90 Å². The molecule has 9 heteroatoms. The van der Waals surface area contributed by atoms with Crippen molar-refractivity contribution >= 4 is 41.8 Å². The molecule has 5 atom stereocenters. The lowest BCUT2D eigenvalue weighted by atomic mass is 9.85. The fourth-order valence-corrected chi connectivity index (χ4v) is 5.34. The first kappa shape index (κ1) is 24.4. The fourth-order valence-electron chi connectivity index (χ4n) is 5.34. The van der Waals surface area contributed by atoms with E-state index in [4.69, 9.17) is 9.73 Å². The summed E-state index contributed by atoms with van der Waals surface area (Å²) in [5, 5.41) is 6.56. The maximum atomic E-state index is 12.8.